The van der Waals surface area contributed by atoms with E-state index >= 15 is 8.78 Å². The number of aliphatic hydroxyl groups excluding tert-OH is 3. The fraction of sp³-hybridized carbons (Fsp3) is 0.812. The van der Waals surface area contributed by atoms with Gasteiger partial charge in [0.05, 0.1) is 25.4 Å². The summed E-state index contributed by atoms with van der Waals surface area (Å²) in [7, 11) is 1.63. The van der Waals surface area contributed by atoms with Crippen molar-refractivity contribution in [2.24, 2.45) is 46.3 Å². The molecule has 6 heteroatoms. The van der Waals surface area contributed by atoms with Gasteiger partial charge in [0.2, 0.25) is 0 Å². The molecule has 4 fully saturated rings. The summed E-state index contributed by atoms with van der Waals surface area (Å²) in [5, 5.41) is 31.7. The van der Waals surface area contributed by atoms with Gasteiger partial charge >= 0.3 is 0 Å². The van der Waals surface area contributed by atoms with Crippen LogP contribution in [0.4, 0.5) is 8.78 Å². The molecular weight excluding hydrogens is 486 g/mol. The van der Waals surface area contributed by atoms with E-state index in [1.807, 2.05) is 24.3 Å². The van der Waals surface area contributed by atoms with E-state index in [4.69, 9.17) is 4.74 Å². The van der Waals surface area contributed by atoms with E-state index in [2.05, 4.69) is 20.8 Å². The van der Waals surface area contributed by atoms with Crippen molar-refractivity contribution >= 4 is 0 Å². The van der Waals surface area contributed by atoms with Gasteiger partial charge in [-0.05, 0) is 103 Å². The van der Waals surface area contributed by atoms with E-state index in [9.17, 15) is 15.3 Å². The highest BCUT2D eigenvalue weighted by molar-refractivity contribution is 5.28. The molecule has 0 heterocycles. The first kappa shape index (κ1) is 28.3. The number of benzene rings is 1. The third kappa shape index (κ3) is 4.60. The molecule has 0 aromatic heterocycles. The maximum Gasteiger partial charge on any atom is 0.251 e. The van der Waals surface area contributed by atoms with Crippen molar-refractivity contribution in [1.82, 2.24) is 0 Å². The second-order valence-corrected chi connectivity index (χ2v) is 13.8. The monoisotopic (exact) mass is 534 g/mol. The lowest BCUT2D eigenvalue weighted by molar-refractivity contribution is -0.258. The zero-order chi connectivity index (χ0) is 27.5. The van der Waals surface area contributed by atoms with Crippen molar-refractivity contribution in [3.8, 4) is 5.75 Å². The summed E-state index contributed by atoms with van der Waals surface area (Å²) in [6.07, 6.45) is 4.75. The minimum Gasteiger partial charge on any atom is -0.497 e. The standard InChI is InChI=1S/C32H48F2O4/c1-19(6-5-7-26(35)20-8-10-21(38-4)11-9-20)22-12-13-23-28-24(14-16-30(22,23)2)31(3)17-15-27(36)29(37)25(31)18-32(28,33)34/h8-11,19,22-29,35-37H,5-7,12-18H2,1-4H3/t19-,22-,23+,24+,25+,26?,27+,28+,29-,30-,31-/m1/s1. The van der Waals surface area contributed by atoms with Gasteiger partial charge in [-0.15, -0.1) is 0 Å². The van der Waals surface area contributed by atoms with Crippen LogP contribution in [-0.4, -0.2) is 40.6 Å². The first-order chi connectivity index (χ1) is 17.9. The molecule has 0 spiro atoms. The van der Waals surface area contributed by atoms with Crippen molar-refractivity contribution < 1.29 is 28.8 Å². The summed E-state index contributed by atoms with van der Waals surface area (Å²) in [6, 6.07) is 7.57. The average molecular weight is 535 g/mol. The lowest BCUT2D eigenvalue weighted by Crippen LogP contribution is -2.64. The molecular formula is C32H48F2O4. The quantitative estimate of drug-likeness (QED) is 0.361. The molecule has 4 saturated carbocycles. The average Bonchev–Trinajstić information content (AvgIpc) is 3.24. The van der Waals surface area contributed by atoms with Crippen LogP contribution in [0.2, 0.25) is 0 Å². The minimum absolute atomic E-state index is 0.00959. The number of fused-ring (bicyclic) bond motifs is 5. The number of hydrogen-bond donors (Lipinski definition) is 3. The summed E-state index contributed by atoms with van der Waals surface area (Å²) in [5.74, 6) is -2.42. The van der Waals surface area contributed by atoms with Gasteiger partial charge in [0, 0.05) is 12.3 Å². The third-order valence-electron chi connectivity index (χ3n) is 12.1. The molecule has 0 bridgehead atoms. The van der Waals surface area contributed by atoms with E-state index in [0.29, 0.717) is 24.7 Å². The van der Waals surface area contributed by atoms with Gasteiger partial charge in [-0.3, -0.25) is 0 Å². The Kier molecular flexibility index (Phi) is 7.67. The van der Waals surface area contributed by atoms with E-state index < -0.39 is 36.1 Å². The normalized spacial score (nSPS) is 43.4. The summed E-state index contributed by atoms with van der Waals surface area (Å²) >= 11 is 0. The number of alkyl halides is 2. The molecule has 4 aliphatic rings. The molecule has 5 rings (SSSR count). The Morgan fingerprint density at radius 1 is 0.921 bits per heavy atom. The third-order valence-corrected chi connectivity index (χ3v) is 12.1. The lowest BCUT2D eigenvalue weighted by atomic mass is 9.43. The predicted octanol–water partition coefficient (Wildman–Crippen LogP) is 6.77. The van der Waals surface area contributed by atoms with E-state index in [1.54, 1.807) is 7.11 Å². The van der Waals surface area contributed by atoms with E-state index in [1.165, 1.54) is 0 Å². The second-order valence-electron chi connectivity index (χ2n) is 13.8. The number of ether oxygens (including phenoxy) is 1. The molecule has 11 atom stereocenters. The zero-order valence-electron chi connectivity index (χ0n) is 23.6. The van der Waals surface area contributed by atoms with Crippen LogP contribution in [0.25, 0.3) is 0 Å². The van der Waals surface area contributed by atoms with Crippen LogP contribution < -0.4 is 4.74 Å². The minimum atomic E-state index is -2.81. The van der Waals surface area contributed by atoms with Crippen LogP contribution in [0.1, 0.15) is 96.6 Å². The largest absolute Gasteiger partial charge is 0.497 e. The summed E-state index contributed by atoms with van der Waals surface area (Å²) in [4.78, 5) is 0. The lowest BCUT2D eigenvalue weighted by Gasteiger charge is -2.63. The molecule has 4 nitrogen and oxygen atoms in total. The maximum absolute atomic E-state index is 16.0. The first-order valence-electron chi connectivity index (χ1n) is 15.0. The molecule has 0 aliphatic heterocycles. The van der Waals surface area contributed by atoms with E-state index in [-0.39, 0.29) is 29.1 Å². The van der Waals surface area contributed by atoms with Crippen LogP contribution >= 0.6 is 0 Å². The van der Waals surface area contributed by atoms with Gasteiger partial charge in [0.15, 0.2) is 0 Å². The van der Waals surface area contributed by atoms with Crippen LogP contribution in [0.15, 0.2) is 24.3 Å². The van der Waals surface area contributed by atoms with Gasteiger partial charge in [-0.2, -0.15) is 0 Å². The maximum atomic E-state index is 16.0. The van der Waals surface area contributed by atoms with Crippen molar-refractivity contribution in [2.45, 2.75) is 109 Å². The van der Waals surface area contributed by atoms with Crippen LogP contribution in [-0.2, 0) is 0 Å². The van der Waals surface area contributed by atoms with E-state index in [0.717, 1.165) is 56.3 Å². The van der Waals surface area contributed by atoms with Crippen LogP contribution in [0.5, 0.6) is 5.75 Å². The Morgan fingerprint density at radius 3 is 2.26 bits per heavy atom. The molecule has 0 radical (unpaired) electrons. The second kappa shape index (κ2) is 10.3. The Balaban J connectivity index is 1.25. The topological polar surface area (TPSA) is 69.9 Å². The molecule has 38 heavy (non-hydrogen) atoms. The Bertz CT molecular complexity index is 969. The van der Waals surface area contributed by atoms with Gasteiger partial charge in [0.1, 0.15) is 5.75 Å². The molecule has 0 saturated heterocycles. The molecule has 0 amide bonds. The van der Waals surface area contributed by atoms with Crippen molar-refractivity contribution in [3.05, 3.63) is 29.8 Å². The highest BCUT2D eigenvalue weighted by atomic mass is 19.3. The number of aliphatic hydroxyl groups is 3. The van der Waals surface area contributed by atoms with Gasteiger partial charge in [0.25, 0.3) is 5.92 Å². The van der Waals surface area contributed by atoms with Gasteiger partial charge in [-0.1, -0.05) is 45.7 Å². The molecule has 1 aromatic rings. The van der Waals surface area contributed by atoms with Crippen LogP contribution in [0.3, 0.4) is 0 Å². The number of hydrogen-bond acceptors (Lipinski definition) is 4. The Labute approximate surface area is 227 Å². The SMILES string of the molecule is COc1ccc(C(O)CCC[C@@H](C)[C@H]2CC[C@H]3[C@H]4[C@H](CC[C@]23C)[C@@]2(C)CC[C@H](O)[C@H](O)[C@@H]2CC4(F)F)cc1. The van der Waals surface area contributed by atoms with Gasteiger partial charge < -0.3 is 20.1 Å². The molecule has 1 unspecified atom stereocenters. The Morgan fingerprint density at radius 2 is 1.58 bits per heavy atom. The summed E-state index contributed by atoms with van der Waals surface area (Å²) < 4.78 is 37.2. The number of methoxy groups -OCH3 is 1. The van der Waals surface area contributed by atoms with Gasteiger partial charge in [-0.25, -0.2) is 8.78 Å². The predicted molar refractivity (Wildman–Crippen MR) is 144 cm³/mol. The molecule has 214 valence electrons. The Hall–Kier alpha value is -1.24. The van der Waals surface area contributed by atoms with Crippen molar-refractivity contribution in [2.75, 3.05) is 7.11 Å². The highest BCUT2D eigenvalue weighted by Crippen LogP contribution is 2.71. The molecule has 1 aromatic carbocycles. The van der Waals surface area contributed by atoms with Crippen molar-refractivity contribution in [1.29, 1.82) is 0 Å². The fourth-order valence-electron chi connectivity index (χ4n) is 9.99. The fourth-order valence-corrected chi connectivity index (χ4v) is 9.99. The molecule has 4 aliphatic carbocycles. The van der Waals surface area contributed by atoms with Crippen molar-refractivity contribution in [3.63, 3.8) is 0 Å². The number of halogens is 2. The highest BCUT2D eigenvalue weighted by Gasteiger charge is 2.69. The number of rotatable bonds is 7. The molecule has 3 N–H and O–H groups in total. The smallest absolute Gasteiger partial charge is 0.251 e. The summed E-state index contributed by atoms with van der Waals surface area (Å²) in [6.45, 7) is 6.71. The van der Waals surface area contributed by atoms with Crippen LogP contribution in [0, 0.1) is 46.3 Å². The zero-order valence-corrected chi connectivity index (χ0v) is 23.6. The first-order valence-corrected chi connectivity index (χ1v) is 15.0. The summed E-state index contributed by atoms with van der Waals surface area (Å²) in [5.41, 5.74) is 0.485.